The lowest BCUT2D eigenvalue weighted by Gasteiger charge is -2.12. The van der Waals surface area contributed by atoms with E-state index in [-0.39, 0.29) is 29.6 Å². The molecule has 0 heterocycles. The van der Waals surface area contributed by atoms with E-state index in [1.165, 1.54) is 32.4 Å². The SMILES string of the molecule is COc1ccc(NC(=O)COc2ccc(C(=O)OCC(=O)Nc3cccc(OC)c3)cc2OC)cc1. The van der Waals surface area contributed by atoms with E-state index in [9.17, 15) is 14.4 Å². The van der Waals surface area contributed by atoms with E-state index in [1.54, 1.807) is 55.6 Å². The van der Waals surface area contributed by atoms with Crippen LogP contribution in [0.25, 0.3) is 0 Å². The summed E-state index contributed by atoms with van der Waals surface area (Å²) in [5.41, 5.74) is 1.25. The Bertz CT molecular complexity index is 1210. The van der Waals surface area contributed by atoms with E-state index in [4.69, 9.17) is 23.7 Å². The van der Waals surface area contributed by atoms with Crippen LogP contribution in [0.5, 0.6) is 23.0 Å². The Balaban J connectivity index is 1.52. The summed E-state index contributed by atoms with van der Waals surface area (Å²) in [7, 11) is 4.47. The fraction of sp³-hybridized carbons (Fsp3) is 0.192. The van der Waals surface area contributed by atoms with Crippen LogP contribution in [0.15, 0.2) is 66.7 Å². The largest absolute Gasteiger partial charge is 0.497 e. The molecule has 10 nitrogen and oxygen atoms in total. The van der Waals surface area contributed by atoms with Gasteiger partial charge in [-0.1, -0.05) is 6.07 Å². The van der Waals surface area contributed by atoms with Crippen molar-refractivity contribution in [1.29, 1.82) is 0 Å². The zero-order valence-electron chi connectivity index (χ0n) is 20.0. The molecule has 0 atom stereocenters. The Morgan fingerprint density at radius 1 is 0.667 bits per heavy atom. The van der Waals surface area contributed by atoms with Crippen molar-refractivity contribution in [3.63, 3.8) is 0 Å². The van der Waals surface area contributed by atoms with Gasteiger partial charge >= 0.3 is 5.97 Å². The molecule has 3 aromatic carbocycles. The van der Waals surface area contributed by atoms with Gasteiger partial charge < -0.3 is 34.3 Å². The zero-order chi connectivity index (χ0) is 25.9. The molecule has 2 amide bonds. The number of rotatable bonds is 11. The van der Waals surface area contributed by atoms with Crippen molar-refractivity contribution >= 4 is 29.2 Å². The molecule has 10 heteroatoms. The van der Waals surface area contributed by atoms with Crippen LogP contribution >= 0.6 is 0 Å². The van der Waals surface area contributed by atoms with Gasteiger partial charge in [-0.15, -0.1) is 0 Å². The third-order valence-electron chi connectivity index (χ3n) is 4.82. The molecule has 0 aliphatic carbocycles. The maximum Gasteiger partial charge on any atom is 0.338 e. The van der Waals surface area contributed by atoms with Gasteiger partial charge in [0, 0.05) is 17.4 Å². The average molecular weight is 495 g/mol. The first-order valence-electron chi connectivity index (χ1n) is 10.8. The number of anilines is 2. The molecule has 0 unspecified atom stereocenters. The minimum Gasteiger partial charge on any atom is -0.497 e. The number of methoxy groups -OCH3 is 3. The highest BCUT2D eigenvalue weighted by Crippen LogP contribution is 2.28. The number of hydrogen-bond donors (Lipinski definition) is 2. The zero-order valence-corrected chi connectivity index (χ0v) is 20.0. The standard InChI is InChI=1S/C26H26N2O8/c1-32-20-10-8-18(9-11-20)27-24(29)15-35-22-12-7-17(13-23(22)34-3)26(31)36-16-25(30)28-19-5-4-6-21(14-19)33-2/h4-14H,15-16H2,1-3H3,(H,27,29)(H,28,30). The van der Waals surface area contributed by atoms with Crippen molar-refractivity contribution in [3.05, 3.63) is 72.3 Å². The molecule has 3 rings (SSSR count). The van der Waals surface area contributed by atoms with Gasteiger partial charge in [-0.25, -0.2) is 4.79 Å². The first kappa shape index (κ1) is 25.9. The third kappa shape index (κ3) is 7.39. The van der Waals surface area contributed by atoms with Gasteiger partial charge in [-0.3, -0.25) is 9.59 Å². The molecule has 0 spiro atoms. The smallest absolute Gasteiger partial charge is 0.338 e. The predicted molar refractivity (Wildman–Crippen MR) is 132 cm³/mol. The van der Waals surface area contributed by atoms with E-state index in [0.29, 0.717) is 22.9 Å². The first-order valence-corrected chi connectivity index (χ1v) is 10.8. The second-order valence-corrected chi connectivity index (χ2v) is 7.29. The number of nitrogens with one attached hydrogen (secondary N) is 2. The van der Waals surface area contributed by atoms with Gasteiger partial charge in [0.2, 0.25) is 0 Å². The molecular formula is C26H26N2O8. The van der Waals surface area contributed by atoms with E-state index in [1.807, 2.05) is 0 Å². The normalized spacial score (nSPS) is 10.1. The van der Waals surface area contributed by atoms with Crippen LogP contribution in [0.2, 0.25) is 0 Å². The van der Waals surface area contributed by atoms with Gasteiger partial charge in [-0.05, 0) is 54.6 Å². The quantitative estimate of drug-likeness (QED) is 0.389. The Morgan fingerprint density at radius 3 is 2.06 bits per heavy atom. The van der Waals surface area contributed by atoms with Crippen molar-refractivity contribution in [3.8, 4) is 23.0 Å². The van der Waals surface area contributed by atoms with Crippen LogP contribution in [-0.4, -0.2) is 52.3 Å². The summed E-state index contributed by atoms with van der Waals surface area (Å²) in [6.45, 7) is -0.765. The van der Waals surface area contributed by atoms with Crippen LogP contribution in [0.3, 0.4) is 0 Å². The second kappa shape index (κ2) is 12.7. The van der Waals surface area contributed by atoms with E-state index in [0.717, 1.165) is 0 Å². The van der Waals surface area contributed by atoms with E-state index >= 15 is 0 Å². The number of esters is 1. The minimum atomic E-state index is -0.724. The van der Waals surface area contributed by atoms with Crippen LogP contribution in [0.1, 0.15) is 10.4 Å². The monoisotopic (exact) mass is 494 g/mol. The van der Waals surface area contributed by atoms with E-state index < -0.39 is 18.5 Å². The molecular weight excluding hydrogens is 468 g/mol. The van der Waals surface area contributed by atoms with E-state index in [2.05, 4.69) is 10.6 Å². The molecule has 0 radical (unpaired) electrons. The fourth-order valence-electron chi connectivity index (χ4n) is 3.04. The van der Waals surface area contributed by atoms with Crippen molar-refractivity contribution < 1.29 is 38.1 Å². The summed E-state index contributed by atoms with van der Waals surface area (Å²) in [4.78, 5) is 36.7. The van der Waals surface area contributed by atoms with Crippen molar-refractivity contribution in [2.24, 2.45) is 0 Å². The van der Waals surface area contributed by atoms with Crippen molar-refractivity contribution in [2.45, 2.75) is 0 Å². The molecule has 36 heavy (non-hydrogen) atoms. The molecule has 0 saturated heterocycles. The average Bonchev–Trinajstić information content (AvgIpc) is 2.91. The molecule has 0 aliphatic heterocycles. The highest BCUT2D eigenvalue weighted by atomic mass is 16.5. The summed E-state index contributed by atoms with van der Waals surface area (Å²) in [6.07, 6.45) is 0. The first-order chi connectivity index (χ1) is 17.4. The van der Waals surface area contributed by atoms with Gasteiger partial charge in [0.15, 0.2) is 24.7 Å². The molecule has 0 aromatic heterocycles. The van der Waals surface area contributed by atoms with Gasteiger partial charge in [-0.2, -0.15) is 0 Å². The van der Waals surface area contributed by atoms with Crippen LogP contribution in [-0.2, 0) is 14.3 Å². The summed E-state index contributed by atoms with van der Waals surface area (Å²) in [5.74, 6) is 0.122. The lowest BCUT2D eigenvalue weighted by Crippen LogP contribution is -2.21. The van der Waals surface area contributed by atoms with Crippen LogP contribution in [0, 0.1) is 0 Å². The van der Waals surface area contributed by atoms with Crippen LogP contribution in [0.4, 0.5) is 11.4 Å². The lowest BCUT2D eigenvalue weighted by molar-refractivity contribution is -0.119. The molecule has 188 valence electrons. The lowest BCUT2D eigenvalue weighted by atomic mass is 10.2. The van der Waals surface area contributed by atoms with Gasteiger partial charge in [0.1, 0.15) is 11.5 Å². The maximum atomic E-state index is 12.4. The van der Waals surface area contributed by atoms with Gasteiger partial charge in [0.25, 0.3) is 11.8 Å². The Labute approximate surface area is 208 Å². The predicted octanol–water partition coefficient (Wildman–Crippen LogP) is 3.53. The summed E-state index contributed by atoms with van der Waals surface area (Å²) in [6, 6.07) is 18.0. The molecule has 0 fully saturated rings. The van der Waals surface area contributed by atoms with Crippen molar-refractivity contribution in [2.75, 3.05) is 45.2 Å². The topological polar surface area (TPSA) is 121 Å². The Kier molecular flexibility index (Phi) is 9.10. The summed E-state index contributed by atoms with van der Waals surface area (Å²) >= 11 is 0. The highest BCUT2D eigenvalue weighted by Gasteiger charge is 2.15. The molecule has 2 N–H and O–H groups in total. The molecule has 3 aromatic rings. The fourth-order valence-corrected chi connectivity index (χ4v) is 3.04. The van der Waals surface area contributed by atoms with Crippen LogP contribution < -0.4 is 29.6 Å². The van der Waals surface area contributed by atoms with Crippen molar-refractivity contribution in [1.82, 2.24) is 0 Å². The summed E-state index contributed by atoms with van der Waals surface area (Å²) < 4.78 is 26.1. The van der Waals surface area contributed by atoms with Gasteiger partial charge in [0.05, 0.1) is 26.9 Å². The highest BCUT2D eigenvalue weighted by molar-refractivity contribution is 5.96. The third-order valence-corrected chi connectivity index (χ3v) is 4.82. The number of carbonyl (C=O) groups is 3. The number of carbonyl (C=O) groups excluding carboxylic acids is 3. The minimum absolute atomic E-state index is 0.149. The number of hydrogen-bond acceptors (Lipinski definition) is 8. The number of benzene rings is 3. The Morgan fingerprint density at radius 2 is 1.36 bits per heavy atom. The molecule has 0 saturated carbocycles. The second-order valence-electron chi connectivity index (χ2n) is 7.29. The number of amides is 2. The summed E-state index contributed by atoms with van der Waals surface area (Å²) in [5, 5.41) is 5.32. The Hall–Kier alpha value is -4.73. The molecule has 0 aliphatic rings. The maximum absolute atomic E-state index is 12.4. The molecule has 0 bridgehead atoms. The number of ether oxygens (including phenoxy) is 5.